The average molecular weight is 415 g/mol. The van der Waals surface area contributed by atoms with E-state index in [2.05, 4.69) is 35.8 Å². The van der Waals surface area contributed by atoms with Gasteiger partial charge in [-0.25, -0.2) is 0 Å². The quantitative estimate of drug-likeness (QED) is 0.565. The van der Waals surface area contributed by atoms with Gasteiger partial charge < -0.3 is 10.6 Å². The summed E-state index contributed by atoms with van der Waals surface area (Å²) in [6.07, 6.45) is 4.29. The van der Waals surface area contributed by atoms with Gasteiger partial charge in [0.05, 0.1) is 6.04 Å². The second-order valence-electron chi connectivity index (χ2n) is 7.22. The van der Waals surface area contributed by atoms with Gasteiger partial charge >= 0.3 is 0 Å². The molecule has 1 aliphatic carbocycles. The number of nitrogens with one attached hydrogen (secondary N) is 2. The molecule has 27 heavy (non-hydrogen) atoms. The number of hydrogen-bond acceptors (Lipinski definition) is 1. The molecule has 0 radical (unpaired) electrons. The standard InChI is InChI=1S/C22H20Cl2N2S/c1-13-10-16(12-14-2-6-17(23)7-3-14)21-19(11-13)20(25-22(27)26-21)15-4-8-18(24)9-5-15/h2-9,12-13,20H,10-11H2,1H3,(H2,25,26,27)/b16-12+/t13-,20+/m0/s1. The zero-order valence-electron chi connectivity index (χ0n) is 14.9. The second-order valence-corrected chi connectivity index (χ2v) is 8.50. The Kier molecular flexibility index (Phi) is 5.27. The molecule has 2 nitrogen and oxygen atoms in total. The van der Waals surface area contributed by atoms with Crippen LogP contribution in [0, 0.1) is 5.92 Å². The zero-order chi connectivity index (χ0) is 19.0. The molecule has 2 aromatic carbocycles. The van der Waals surface area contributed by atoms with Crippen LogP contribution in [0.2, 0.25) is 10.0 Å². The van der Waals surface area contributed by atoms with Crippen LogP contribution >= 0.6 is 35.4 Å². The summed E-state index contributed by atoms with van der Waals surface area (Å²) in [6.45, 7) is 2.30. The van der Waals surface area contributed by atoms with Crippen molar-refractivity contribution in [2.75, 3.05) is 0 Å². The summed E-state index contributed by atoms with van der Waals surface area (Å²) in [7, 11) is 0. The van der Waals surface area contributed by atoms with E-state index < -0.39 is 0 Å². The van der Waals surface area contributed by atoms with E-state index in [9.17, 15) is 0 Å². The van der Waals surface area contributed by atoms with Crippen LogP contribution in [0.15, 0.2) is 65.4 Å². The fourth-order valence-corrected chi connectivity index (χ4v) is 4.33. The Labute approximate surface area is 175 Å². The van der Waals surface area contributed by atoms with Gasteiger partial charge in [0.15, 0.2) is 5.11 Å². The van der Waals surface area contributed by atoms with Crippen molar-refractivity contribution in [3.63, 3.8) is 0 Å². The highest BCUT2D eigenvalue weighted by atomic mass is 35.5. The van der Waals surface area contributed by atoms with Crippen LogP contribution in [-0.4, -0.2) is 5.11 Å². The Morgan fingerprint density at radius 3 is 2.26 bits per heavy atom. The lowest BCUT2D eigenvalue weighted by atomic mass is 9.78. The lowest BCUT2D eigenvalue weighted by Gasteiger charge is -2.38. The number of allylic oxidation sites excluding steroid dienone is 1. The minimum atomic E-state index is 0.0717. The largest absolute Gasteiger partial charge is 0.352 e. The molecule has 0 unspecified atom stereocenters. The Bertz CT molecular complexity index is 930. The minimum Gasteiger partial charge on any atom is -0.352 e. The number of hydrogen-bond donors (Lipinski definition) is 2. The van der Waals surface area contributed by atoms with E-state index in [1.54, 1.807) is 0 Å². The van der Waals surface area contributed by atoms with Gasteiger partial charge in [-0.3, -0.25) is 0 Å². The minimum absolute atomic E-state index is 0.0717. The first-order valence-corrected chi connectivity index (χ1v) is 10.2. The normalized spacial score (nSPS) is 23.7. The first-order chi connectivity index (χ1) is 13.0. The van der Waals surface area contributed by atoms with E-state index in [1.165, 1.54) is 16.7 Å². The summed E-state index contributed by atoms with van der Waals surface area (Å²) in [4.78, 5) is 0. The van der Waals surface area contributed by atoms with Crippen LogP contribution < -0.4 is 10.6 Å². The molecule has 0 aromatic heterocycles. The van der Waals surface area contributed by atoms with E-state index in [-0.39, 0.29) is 6.04 Å². The fourth-order valence-electron chi connectivity index (χ4n) is 3.85. The van der Waals surface area contributed by atoms with Crippen molar-refractivity contribution in [3.05, 3.63) is 86.5 Å². The van der Waals surface area contributed by atoms with E-state index >= 15 is 0 Å². The molecule has 4 rings (SSSR count). The predicted octanol–water partition coefficient (Wildman–Crippen LogP) is 6.28. The average Bonchev–Trinajstić information content (AvgIpc) is 2.64. The predicted molar refractivity (Wildman–Crippen MR) is 118 cm³/mol. The maximum atomic E-state index is 6.08. The molecule has 0 saturated heterocycles. The Morgan fingerprint density at radius 1 is 0.963 bits per heavy atom. The molecule has 0 amide bonds. The van der Waals surface area contributed by atoms with E-state index in [1.807, 2.05) is 36.4 Å². The van der Waals surface area contributed by atoms with E-state index in [0.29, 0.717) is 11.0 Å². The summed E-state index contributed by atoms with van der Waals surface area (Å²) in [6, 6.07) is 16.0. The monoisotopic (exact) mass is 414 g/mol. The van der Waals surface area contributed by atoms with Crippen LogP contribution in [-0.2, 0) is 0 Å². The van der Waals surface area contributed by atoms with Crippen molar-refractivity contribution in [3.8, 4) is 0 Å². The molecule has 2 atom stereocenters. The Morgan fingerprint density at radius 2 is 1.59 bits per heavy atom. The van der Waals surface area contributed by atoms with Gasteiger partial charge in [0, 0.05) is 15.7 Å². The van der Waals surface area contributed by atoms with Crippen LogP contribution in [0.25, 0.3) is 6.08 Å². The first kappa shape index (κ1) is 18.5. The molecule has 0 bridgehead atoms. The summed E-state index contributed by atoms with van der Waals surface area (Å²) in [5.41, 5.74) is 6.12. The van der Waals surface area contributed by atoms with Crippen LogP contribution in [0.3, 0.4) is 0 Å². The molecular formula is C22H20Cl2N2S. The zero-order valence-corrected chi connectivity index (χ0v) is 17.3. The van der Waals surface area contributed by atoms with Gasteiger partial charge in [-0.15, -0.1) is 0 Å². The third-order valence-corrected chi connectivity index (χ3v) is 5.78. The molecule has 1 aliphatic heterocycles. The van der Waals surface area contributed by atoms with Gasteiger partial charge in [-0.1, -0.05) is 54.4 Å². The highest BCUT2D eigenvalue weighted by Gasteiger charge is 2.32. The molecule has 2 aliphatic rings. The van der Waals surface area contributed by atoms with E-state index in [4.69, 9.17) is 35.4 Å². The topological polar surface area (TPSA) is 24.1 Å². The fraction of sp³-hybridized carbons (Fsp3) is 0.227. The number of rotatable bonds is 2. The van der Waals surface area contributed by atoms with Crippen LogP contribution in [0.5, 0.6) is 0 Å². The van der Waals surface area contributed by atoms with E-state index in [0.717, 1.165) is 34.1 Å². The third-order valence-electron chi connectivity index (χ3n) is 5.06. The van der Waals surface area contributed by atoms with Gasteiger partial charge in [0.2, 0.25) is 0 Å². The SMILES string of the molecule is C[C@@H]1CC2=C(NC(=S)N[C@@H]2c2ccc(Cl)cc2)/C(=C/c2ccc(Cl)cc2)C1. The second kappa shape index (κ2) is 7.67. The van der Waals surface area contributed by atoms with Crippen molar-refractivity contribution in [2.45, 2.75) is 25.8 Å². The first-order valence-electron chi connectivity index (χ1n) is 9.02. The summed E-state index contributed by atoms with van der Waals surface area (Å²) in [5.74, 6) is 0.562. The maximum absolute atomic E-state index is 6.08. The molecule has 1 heterocycles. The number of thiocarbonyl (C=S) groups is 1. The third kappa shape index (κ3) is 4.06. The van der Waals surface area contributed by atoms with Gasteiger partial charge in [-0.2, -0.15) is 0 Å². The van der Waals surface area contributed by atoms with Crippen molar-refractivity contribution < 1.29 is 0 Å². The summed E-state index contributed by atoms with van der Waals surface area (Å²) in [5, 5.41) is 9.00. The van der Waals surface area contributed by atoms with Crippen LogP contribution in [0.4, 0.5) is 0 Å². The van der Waals surface area contributed by atoms with Crippen molar-refractivity contribution in [2.24, 2.45) is 5.92 Å². The lowest BCUT2D eigenvalue weighted by Crippen LogP contribution is -2.45. The van der Waals surface area contributed by atoms with Gasteiger partial charge in [-0.05, 0) is 83.6 Å². The van der Waals surface area contributed by atoms with Gasteiger partial charge in [0.25, 0.3) is 0 Å². The molecule has 0 saturated carbocycles. The maximum Gasteiger partial charge on any atom is 0.171 e. The molecule has 2 aromatic rings. The molecule has 0 spiro atoms. The van der Waals surface area contributed by atoms with Gasteiger partial charge in [0.1, 0.15) is 0 Å². The smallest absolute Gasteiger partial charge is 0.171 e. The lowest BCUT2D eigenvalue weighted by molar-refractivity contribution is 0.500. The number of benzene rings is 2. The molecule has 5 heteroatoms. The Balaban J connectivity index is 1.78. The van der Waals surface area contributed by atoms with Crippen LogP contribution in [0.1, 0.15) is 36.9 Å². The van der Waals surface area contributed by atoms with Crippen molar-refractivity contribution >= 4 is 46.6 Å². The highest BCUT2D eigenvalue weighted by molar-refractivity contribution is 7.80. The molecule has 138 valence electrons. The molecule has 0 fully saturated rings. The number of halogens is 2. The van der Waals surface area contributed by atoms with Crippen molar-refractivity contribution in [1.82, 2.24) is 10.6 Å². The summed E-state index contributed by atoms with van der Waals surface area (Å²) < 4.78 is 0. The Hall–Kier alpha value is -1.81. The summed E-state index contributed by atoms with van der Waals surface area (Å²) >= 11 is 17.6. The molecular weight excluding hydrogens is 395 g/mol. The molecule has 2 N–H and O–H groups in total. The highest BCUT2D eigenvalue weighted by Crippen LogP contribution is 2.41. The van der Waals surface area contributed by atoms with Crippen molar-refractivity contribution in [1.29, 1.82) is 0 Å².